The van der Waals surface area contributed by atoms with Gasteiger partial charge in [-0.3, -0.25) is 14.6 Å². The van der Waals surface area contributed by atoms with E-state index in [0.29, 0.717) is 6.54 Å². The summed E-state index contributed by atoms with van der Waals surface area (Å²) in [7, 11) is 0. The van der Waals surface area contributed by atoms with E-state index in [2.05, 4.69) is 15.3 Å². The van der Waals surface area contributed by atoms with Gasteiger partial charge in [0.25, 0.3) is 0 Å². The van der Waals surface area contributed by atoms with Crippen LogP contribution in [0.25, 0.3) is 0 Å². The molecule has 1 fully saturated rings. The Balaban J connectivity index is 1.75. The van der Waals surface area contributed by atoms with E-state index < -0.39 is 0 Å². The van der Waals surface area contributed by atoms with Crippen LogP contribution in [0.2, 0.25) is 0 Å². The van der Waals surface area contributed by atoms with Crippen molar-refractivity contribution >= 4 is 5.91 Å². The van der Waals surface area contributed by atoms with Gasteiger partial charge in [0.05, 0.1) is 24.1 Å². The summed E-state index contributed by atoms with van der Waals surface area (Å²) in [6.45, 7) is 5.11. The van der Waals surface area contributed by atoms with E-state index in [0.717, 1.165) is 36.2 Å². The topological polar surface area (TPSA) is 66.8 Å². The molecule has 1 saturated heterocycles. The van der Waals surface area contributed by atoms with Gasteiger partial charge in [0.2, 0.25) is 5.91 Å². The highest BCUT2D eigenvalue weighted by atomic mass is 16.2. The highest BCUT2D eigenvalue weighted by Gasteiger charge is 2.31. The Hall–Kier alpha value is -2.11. The van der Waals surface area contributed by atoms with E-state index in [1.54, 1.807) is 10.9 Å². The Bertz CT molecular complexity index is 615. The third kappa shape index (κ3) is 2.33. The zero-order valence-corrected chi connectivity index (χ0v) is 11.8. The van der Waals surface area contributed by atoms with Crippen molar-refractivity contribution in [1.82, 2.24) is 24.9 Å². The van der Waals surface area contributed by atoms with Gasteiger partial charge >= 0.3 is 0 Å². The van der Waals surface area contributed by atoms with E-state index in [4.69, 9.17) is 0 Å². The van der Waals surface area contributed by atoms with Crippen molar-refractivity contribution in [3.05, 3.63) is 35.4 Å². The van der Waals surface area contributed by atoms with Crippen molar-refractivity contribution < 1.29 is 4.79 Å². The lowest BCUT2D eigenvalue weighted by atomic mass is 10.1. The molecule has 2 aromatic rings. The van der Waals surface area contributed by atoms with Crippen molar-refractivity contribution in [1.29, 1.82) is 0 Å². The fourth-order valence-electron chi connectivity index (χ4n) is 2.84. The van der Waals surface area contributed by atoms with E-state index in [-0.39, 0.29) is 11.9 Å². The molecule has 1 atom stereocenters. The maximum Gasteiger partial charge on any atom is 0.244 e. The van der Waals surface area contributed by atoms with Crippen LogP contribution in [0.4, 0.5) is 0 Å². The number of nitrogens with one attached hydrogen (secondary N) is 1. The Labute approximate surface area is 117 Å². The maximum atomic E-state index is 12.5. The zero-order chi connectivity index (χ0) is 14.1. The molecule has 106 valence electrons. The summed E-state index contributed by atoms with van der Waals surface area (Å²) in [5, 5.41) is 11.3. The monoisotopic (exact) mass is 273 g/mol. The number of nitrogens with zero attached hydrogens (tertiary/aromatic N) is 4. The number of likely N-dealkylation sites (tertiary alicyclic amines) is 1. The molecule has 0 aliphatic carbocycles. The van der Waals surface area contributed by atoms with Gasteiger partial charge in [0.1, 0.15) is 6.54 Å². The molecule has 1 N–H and O–H groups in total. The van der Waals surface area contributed by atoms with Gasteiger partial charge in [-0.15, -0.1) is 0 Å². The second kappa shape index (κ2) is 5.11. The molecule has 1 unspecified atom stereocenters. The van der Waals surface area contributed by atoms with Crippen LogP contribution in [0.15, 0.2) is 18.6 Å². The fourth-order valence-corrected chi connectivity index (χ4v) is 2.84. The van der Waals surface area contributed by atoms with Crippen molar-refractivity contribution in [3.63, 3.8) is 0 Å². The summed E-state index contributed by atoms with van der Waals surface area (Å²) in [5.41, 5.74) is 3.25. The summed E-state index contributed by atoms with van der Waals surface area (Å²) < 4.78 is 1.70. The number of hydrogen-bond acceptors (Lipinski definition) is 3. The third-order valence-electron chi connectivity index (χ3n) is 3.83. The highest BCUT2D eigenvalue weighted by molar-refractivity contribution is 5.76. The number of carbonyl (C=O) groups excluding carboxylic acids is 1. The molecule has 0 saturated carbocycles. The van der Waals surface area contributed by atoms with Crippen LogP contribution in [0.5, 0.6) is 0 Å². The van der Waals surface area contributed by atoms with Crippen LogP contribution in [0.3, 0.4) is 0 Å². The van der Waals surface area contributed by atoms with Crippen molar-refractivity contribution in [2.45, 2.75) is 39.3 Å². The van der Waals surface area contributed by atoms with Gasteiger partial charge in [0.15, 0.2) is 0 Å². The quantitative estimate of drug-likeness (QED) is 0.923. The van der Waals surface area contributed by atoms with Crippen LogP contribution in [-0.2, 0) is 11.3 Å². The SMILES string of the molecule is Cc1cnn(CC(=O)N2CCCC2c2[nH]ncc2C)c1. The normalized spacial score (nSPS) is 18.7. The van der Waals surface area contributed by atoms with Crippen LogP contribution in [0, 0.1) is 13.8 Å². The first-order valence-electron chi connectivity index (χ1n) is 6.93. The van der Waals surface area contributed by atoms with Crippen molar-refractivity contribution in [3.8, 4) is 0 Å². The largest absolute Gasteiger partial charge is 0.332 e. The predicted octanol–water partition coefficient (Wildman–Crippen LogP) is 1.59. The van der Waals surface area contributed by atoms with Gasteiger partial charge in [0, 0.05) is 12.7 Å². The Morgan fingerprint density at radius 3 is 2.95 bits per heavy atom. The molecule has 0 aromatic carbocycles. The Morgan fingerprint density at radius 1 is 1.45 bits per heavy atom. The number of aromatic nitrogens is 4. The number of rotatable bonds is 3. The van der Waals surface area contributed by atoms with Crippen LogP contribution >= 0.6 is 0 Å². The molecule has 2 aromatic heterocycles. The maximum absolute atomic E-state index is 12.5. The first kappa shape index (κ1) is 12.9. The average molecular weight is 273 g/mol. The van der Waals surface area contributed by atoms with Gasteiger partial charge in [-0.1, -0.05) is 0 Å². The van der Waals surface area contributed by atoms with Crippen LogP contribution in [0.1, 0.15) is 35.7 Å². The van der Waals surface area contributed by atoms with Gasteiger partial charge in [-0.2, -0.15) is 10.2 Å². The zero-order valence-electron chi connectivity index (χ0n) is 11.8. The molecule has 3 heterocycles. The number of carbonyl (C=O) groups is 1. The van der Waals surface area contributed by atoms with E-state index in [1.165, 1.54) is 0 Å². The van der Waals surface area contributed by atoms with Crippen LogP contribution in [-0.4, -0.2) is 37.3 Å². The number of aryl methyl sites for hydroxylation is 2. The number of hydrogen-bond donors (Lipinski definition) is 1. The first-order chi connectivity index (χ1) is 9.65. The second-order valence-electron chi connectivity index (χ2n) is 5.43. The minimum absolute atomic E-state index is 0.115. The number of amides is 1. The van der Waals surface area contributed by atoms with E-state index in [1.807, 2.05) is 31.1 Å². The van der Waals surface area contributed by atoms with Crippen molar-refractivity contribution in [2.75, 3.05) is 6.54 Å². The standard InChI is InChI=1S/C14H19N5O/c1-10-6-16-18(8-10)9-13(20)19-5-3-4-12(19)14-11(2)7-15-17-14/h6-8,12H,3-5,9H2,1-2H3,(H,15,17). The molecule has 0 radical (unpaired) electrons. The predicted molar refractivity (Wildman–Crippen MR) is 74.0 cm³/mol. The lowest BCUT2D eigenvalue weighted by molar-refractivity contribution is -0.133. The van der Waals surface area contributed by atoms with E-state index in [9.17, 15) is 4.79 Å². The highest BCUT2D eigenvalue weighted by Crippen LogP contribution is 2.32. The molecule has 1 amide bonds. The summed E-state index contributed by atoms with van der Waals surface area (Å²) in [4.78, 5) is 14.4. The molecule has 0 bridgehead atoms. The lowest BCUT2D eigenvalue weighted by Gasteiger charge is -2.24. The van der Waals surface area contributed by atoms with Gasteiger partial charge in [-0.25, -0.2) is 0 Å². The molecule has 1 aliphatic rings. The molecule has 3 rings (SSSR count). The third-order valence-corrected chi connectivity index (χ3v) is 3.83. The molecule has 6 nitrogen and oxygen atoms in total. The lowest BCUT2D eigenvalue weighted by Crippen LogP contribution is -2.34. The minimum Gasteiger partial charge on any atom is -0.332 e. The van der Waals surface area contributed by atoms with E-state index >= 15 is 0 Å². The number of aromatic amines is 1. The molecular formula is C14H19N5O. The smallest absolute Gasteiger partial charge is 0.244 e. The molecule has 0 spiro atoms. The minimum atomic E-state index is 0.115. The Kier molecular flexibility index (Phi) is 3.30. The van der Waals surface area contributed by atoms with Gasteiger partial charge in [-0.05, 0) is 37.8 Å². The van der Waals surface area contributed by atoms with Crippen LogP contribution < -0.4 is 0 Å². The van der Waals surface area contributed by atoms with Gasteiger partial charge < -0.3 is 4.90 Å². The second-order valence-corrected chi connectivity index (χ2v) is 5.43. The molecular weight excluding hydrogens is 254 g/mol. The molecule has 20 heavy (non-hydrogen) atoms. The fraction of sp³-hybridized carbons (Fsp3) is 0.500. The Morgan fingerprint density at radius 2 is 2.30 bits per heavy atom. The summed E-state index contributed by atoms with van der Waals surface area (Å²) in [5.74, 6) is 0.115. The molecule has 6 heteroatoms. The summed E-state index contributed by atoms with van der Waals surface area (Å²) >= 11 is 0. The average Bonchev–Trinajstić information content (AvgIpc) is 3.10. The number of H-pyrrole nitrogens is 1. The molecule has 1 aliphatic heterocycles. The first-order valence-corrected chi connectivity index (χ1v) is 6.93. The van der Waals surface area contributed by atoms with Crippen molar-refractivity contribution in [2.24, 2.45) is 0 Å². The summed E-state index contributed by atoms with van der Waals surface area (Å²) in [6, 6.07) is 0.127. The summed E-state index contributed by atoms with van der Waals surface area (Å²) in [6.07, 6.45) is 7.51.